The zero-order valence-electron chi connectivity index (χ0n) is 14.0. The molecule has 3 nitrogen and oxygen atoms in total. The molecule has 140 valence electrons. The summed E-state index contributed by atoms with van der Waals surface area (Å²) in [6.45, 7) is 0. The van der Waals surface area contributed by atoms with Gasteiger partial charge in [-0.1, -0.05) is 36.0 Å². The largest absolute Gasteiger partial charge is 0.317 e. The Hall–Kier alpha value is -2.35. The van der Waals surface area contributed by atoms with E-state index in [9.17, 15) is 22.4 Å². The summed E-state index contributed by atoms with van der Waals surface area (Å²) in [4.78, 5) is 11.1. The van der Waals surface area contributed by atoms with E-state index >= 15 is 0 Å². The van der Waals surface area contributed by atoms with Gasteiger partial charge in [-0.2, -0.15) is 13.9 Å². The summed E-state index contributed by atoms with van der Waals surface area (Å²) in [5, 5.41) is 4.81. The molecule has 1 unspecified atom stereocenters. The van der Waals surface area contributed by atoms with Crippen LogP contribution in [0.2, 0.25) is 0 Å². The first kappa shape index (κ1) is 18.0. The lowest BCUT2D eigenvalue weighted by Gasteiger charge is -2.39. The number of amides is 1. The van der Waals surface area contributed by atoms with Crippen LogP contribution in [-0.2, 0) is 16.1 Å². The van der Waals surface area contributed by atoms with Crippen LogP contribution in [0, 0.1) is 11.6 Å². The van der Waals surface area contributed by atoms with Gasteiger partial charge >= 0.3 is 12.3 Å². The van der Waals surface area contributed by atoms with Crippen molar-refractivity contribution in [2.45, 2.75) is 30.6 Å². The van der Waals surface area contributed by atoms with Gasteiger partial charge in [0.2, 0.25) is 0 Å². The quantitative estimate of drug-likeness (QED) is 0.695. The highest BCUT2D eigenvalue weighted by molar-refractivity contribution is 8.15. The normalized spacial score (nSPS) is 21.5. The number of carbonyl (C=O) groups is 1. The van der Waals surface area contributed by atoms with Gasteiger partial charge in [-0.15, -0.1) is 0 Å². The molecule has 0 radical (unpaired) electrons. The molecule has 1 amide bonds. The average Bonchev–Trinajstić information content (AvgIpc) is 3.03. The minimum atomic E-state index is -3.25. The highest BCUT2D eigenvalue weighted by Crippen LogP contribution is 2.54. The smallest absolute Gasteiger partial charge is 0.266 e. The second kappa shape index (κ2) is 6.67. The number of hydrogen-bond acceptors (Lipinski definition) is 3. The minimum Gasteiger partial charge on any atom is -0.266 e. The Labute approximate surface area is 157 Å². The van der Waals surface area contributed by atoms with E-state index < -0.39 is 28.8 Å². The van der Waals surface area contributed by atoms with Crippen molar-refractivity contribution in [1.82, 2.24) is 5.01 Å². The number of halogens is 4. The van der Waals surface area contributed by atoms with Crippen molar-refractivity contribution in [2.75, 3.05) is 0 Å². The number of hydrazone groups is 1. The monoisotopic (exact) mass is 394 g/mol. The molecule has 2 aliphatic rings. The standard InChI is InChI=1S/C19H14F4N2OS/c20-12-7-8-15(21)13(10-12)17-24-25(18(26)16(22)23)19(27-17)9-3-5-11-4-1-2-6-14(11)19/h1-2,4,6-8,10,16H,3,5,9H2. The molecule has 0 aromatic heterocycles. The fraction of sp³-hybridized carbons (Fsp3) is 0.263. The van der Waals surface area contributed by atoms with Crippen LogP contribution >= 0.6 is 11.8 Å². The number of benzene rings is 2. The van der Waals surface area contributed by atoms with Crippen molar-refractivity contribution in [1.29, 1.82) is 0 Å². The van der Waals surface area contributed by atoms with Crippen molar-refractivity contribution in [3.63, 3.8) is 0 Å². The molecule has 8 heteroatoms. The molecule has 2 aromatic carbocycles. The van der Waals surface area contributed by atoms with Crippen molar-refractivity contribution in [2.24, 2.45) is 5.10 Å². The number of rotatable bonds is 2. The van der Waals surface area contributed by atoms with E-state index in [0.29, 0.717) is 18.4 Å². The molecule has 1 spiro atoms. The summed E-state index contributed by atoms with van der Waals surface area (Å²) in [6, 6.07) is 10.1. The summed E-state index contributed by atoms with van der Waals surface area (Å²) in [6.07, 6.45) is -1.46. The Morgan fingerprint density at radius 1 is 1.19 bits per heavy atom. The van der Waals surface area contributed by atoms with Gasteiger partial charge in [0.15, 0.2) is 0 Å². The number of thioether (sulfide) groups is 1. The fourth-order valence-electron chi connectivity index (χ4n) is 3.58. The summed E-state index contributed by atoms with van der Waals surface area (Å²) >= 11 is 1.02. The van der Waals surface area contributed by atoms with Crippen molar-refractivity contribution in [3.05, 3.63) is 70.8 Å². The third kappa shape index (κ3) is 2.92. The molecular weight excluding hydrogens is 380 g/mol. The van der Waals surface area contributed by atoms with Gasteiger partial charge in [0.1, 0.15) is 21.5 Å². The summed E-state index contributed by atoms with van der Waals surface area (Å²) in [5.41, 5.74) is 1.48. The zero-order chi connectivity index (χ0) is 19.2. The highest BCUT2D eigenvalue weighted by atomic mass is 32.2. The van der Waals surface area contributed by atoms with Crippen LogP contribution in [-0.4, -0.2) is 22.4 Å². The first-order valence-corrected chi connectivity index (χ1v) is 9.18. The van der Waals surface area contributed by atoms with Crippen LogP contribution in [0.1, 0.15) is 29.5 Å². The van der Waals surface area contributed by atoms with Gasteiger partial charge < -0.3 is 0 Å². The van der Waals surface area contributed by atoms with Crippen LogP contribution in [0.5, 0.6) is 0 Å². The number of nitrogens with zero attached hydrogens (tertiary/aromatic N) is 2. The molecule has 1 atom stereocenters. The third-order valence-corrected chi connectivity index (χ3v) is 6.18. The highest BCUT2D eigenvalue weighted by Gasteiger charge is 2.52. The molecule has 0 saturated carbocycles. The van der Waals surface area contributed by atoms with Crippen LogP contribution in [0.4, 0.5) is 17.6 Å². The lowest BCUT2D eigenvalue weighted by Crippen LogP contribution is -2.45. The number of fused-ring (bicyclic) bond motifs is 2. The number of alkyl halides is 2. The second-order valence-corrected chi connectivity index (χ2v) is 7.64. The maximum Gasteiger partial charge on any atom is 0.317 e. The van der Waals surface area contributed by atoms with Gasteiger partial charge in [0.25, 0.3) is 0 Å². The number of carbonyl (C=O) groups excluding carboxylic acids is 1. The Kier molecular flexibility index (Phi) is 4.46. The van der Waals surface area contributed by atoms with Gasteiger partial charge in [-0.3, -0.25) is 4.79 Å². The van der Waals surface area contributed by atoms with E-state index in [-0.39, 0.29) is 10.6 Å². The van der Waals surface area contributed by atoms with E-state index in [0.717, 1.165) is 47.0 Å². The lowest BCUT2D eigenvalue weighted by molar-refractivity contribution is -0.146. The van der Waals surface area contributed by atoms with Crippen LogP contribution < -0.4 is 0 Å². The van der Waals surface area contributed by atoms with Gasteiger partial charge in [0, 0.05) is 5.56 Å². The van der Waals surface area contributed by atoms with E-state index in [2.05, 4.69) is 5.10 Å². The van der Waals surface area contributed by atoms with Crippen molar-refractivity contribution in [3.8, 4) is 0 Å². The Bertz CT molecular complexity index is 949. The first-order valence-electron chi connectivity index (χ1n) is 8.36. The summed E-state index contributed by atoms with van der Waals surface area (Å²) in [7, 11) is 0. The molecule has 1 heterocycles. The maximum absolute atomic E-state index is 14.2. The molecule has 0 bridgehead atoms. The molecule has 27 heavy (non-hydrogen) atoms. The predicted molar refractivity (Wildman–Crippen MR) is 94.4 cm³/mol. The SMILES string of the molecule is O=C(C(F)F)N1N=C(c2cc(F)ccc2F)SC12CCCc1ccccc12. The summed E-state index contributed by atoms with van der Waals surface area (Å²) in [5.74, 6) is -2.86. The van der Waals surface area contributed by atoms with E-state index in [1.165, 1.54) is 0 Å². The van der Waals surface area contributed by atoms with E-state index in [1.807, 2.05) is 12.1 Å². The zero-order valence-corrected chi connectivity index (χ0v) is 14.8. The average molecular weight is 394 g/mol. The van der Waals surface area contributed by atoms with E-state index in [4.69, 9.17) is 0 Å². The Morgan fingerprint density at radius 2 is 1.96 bits per heavy atom. The van der Waals surface area contributed by atoms with Crippen LogP contribution in [0.25, 0.3) is 0 Å². The van der Waals surface area contributed by atoms with Gasteiger partial charge in [0.05, 0.1) is 0 Å². The molecule has 1 aliphatic carbocycles. The van der Waals surface area contributed by atoms with E-state index in [1.54, 1.807) is 12.1 Å². The number of hydrogen-bond donors (Lipinski definition) is 0. The predicted octanol–water partition coefficient (Wildman–Crippen LogP) is 4.66. The molecule has 4 rings (SSSR count). The van der Waals surface area contributed by atoms with Gasteiger partial charge in [-0.05, 0) is 48.6 Å². The molecule has 0 saturated heterocycles. The topological polar surface area (TPSA) is 32.7 Å². The Morgan fingerprint density at radius 3 is 2.74 bits per heavy atom. The summed E-state index contributed by atoms with van der Waals surface area (Å²) < 4.78 is 54.4. The molecule has 0 N–H and O–H groups in total. The van der Waals surface area contributed by atoms with Crippen LogP contribution in [0.15, 0.2) is 47.6 Å². The maximum atomic E-state index is 14.2. The second-order valence-electron chi connectivity index (χ2n) is 6.38. The first-order chi connectivity index (χ1) is 12.9. The molecule has 2 aromatic rings. The molecule has 0 fully saturated rings. The Balaban J connectivity index is 1.87. The molecule has 1 aliphatic heterocycles. The minimum absolute atomic E-state index is 0.0118. The molecular formula is C19H14F4N2OS. The van der Waals surface area contributed by atoms with Crippen LogP contribution in [0.3, 0.4) is 0 Å². The van der Waals surface area contributed by atoms with Crippen molar-refractivity contribution >= 4 is 22.7 Å². The lowest BCUT2D eigenvalue weighted by atomic mass is 9.86. The van der Waals surface area contributed by atoms with Gasteiger partial charge in [-0.25, -0.2) is 13.8 Å². The fourth-order valence-corrected chi connectivity index (χ4v) is 5.07. The third-order valence-electron chi connectivity index (χ3n) is 4.75. The number of aryl methyl sites for hydroxylation is 1. The van der Waals surface area contributed by atoms with Crippen molar-refractivity contribution < 1.29 is 22.4 Å².